The summed E-state index contributed by atoms with van der Waals surface area (Å²) in [5, 5.41) is 11.5. The molecule has 2 unspecified atom stereocenters. The van der Waals surface area contributed by atoms with Gasteiger partial charge < -0.3 is 10.6 Å². The zero-order valence-electron chi connectivity index (χ0n) is 12.4. The van der Waals surface area contributed by atoms with Crippen molar-refractivity contribution in [3.05, 3.63) is 18.0 Å². The highest BCUT2D eigenvalue weighted by atomic mass is 15.2. The zero-order valence-corrected chi connectivity index (χ0v) is 12.4. The van der Waals surface area contributed by atoms with Crippen LogP contribution in [0.3, 0.4) is 0 Å². The fourth-order valence-electron chi connectivity index (χ4n) is 2.88. The Bertz CT molecular complexity index is 353. The Morgan fingerprint density at radius 2 is 2.37 bits per heavy atom. The fourth-order valence-corrected chi connectivity index (χ4v) is 2.88. The summed E-state index contributed by atoms with van der Waals surface area (Å²) in [7, 11) is 1.97. The third-order valence-corrected chi connectivity index (χ3v) is 3.97. The molecular formula is C15H28N4. The average molecular weight is 264 g/mol. The molecule has 108 valence electrons. The van der Waals surface area contributed by atoms with Crippen LogP contribution in [0.5, 0.6) is 0 Å². The van der Waals surface area contributed by atoms with Gasteiger partial charge in [-0.3, -0.25) is 4.68 Å². The van der Waals surface area contributed by atoms with E-state index in [9.17, 15) is 0 Å². The molecule has 1 aromatic rings. The van der Waals surface area contributed by atoms with E-state index >= 15 is 0 Å². The van der Waals surface area contributed by atoms with E-state index in [4.69, 9.17) is 0 Å². The molecule has 1 saturated heterocycles. The van der Waals surface area contributed by atoms with Crippen LogP contribution in [-0.2, 0) is 13.5 Å². The smallest absolute Gasteiger partial charge is 0.0522 e. The van der Waals surface area contributed by atoms with Crippen LogP contribution in [0, 0.1) is 0 Å². The first-order chi connectivity index (χ1) is 9.24. The molecule has 1 fully saturated rings. The van der Waals surface area contributed by atoms with Crippen LogP contribution in [0.1, 0.15) is 44.6 Å². The van der Waals surface area contributed by atoms with Crippen molar-refractivity contribution in [3.8, 4) is 0 Å². The standard InChI is InChI=1S/C15H28N4/c1-13(10-15-6-4-3-5-8-17-15)16-9-7-14-11-18-19(2)12-14/h11-13,15-17H,3-10H2,1-2H3. The number of rotatable bonds is 6. The number of nitrogens with zero attached hydrogens (tertiary/aromatic N) is 2. The van der Waals surface area contributed by atoms with Gasteiger partial charge in [0, 0.05) is 25.3 Å². The highest BCUT2D eigenvalue weighted by Crippen LogP contribution is 2.12. The van der Waals surface area contributed by atoms with Gasteiger partial charge in [-0.15, -0.1) is 0 Å². The molecule has 0 aromatic carbocycles. The van der Waals surface area contributed by atoms with Gasteiger partial charge in [-0.25, -0.2) is 0 Å². The fraction of sp³-hybridized carbons (Fsp3) is 0.800. The maximum atomic E-state index is 4.20. The van der Waals surface area contributed by atoms with Crippen LogP contribution in [0.25, 0.3) is 0 Å². The van der Waals surface area contributed by atoms with E-state index in [1.807, 2.05) is 17.9 Å². The van der Waals surface area contributed by atoms with Crippen molar-refractivity contribution in [2.75, 3.05) is 13.1 Å². The molecule has 2 atom stereocenters. The van der Waals surface area contributed by atoms with Gasteiger partial charge in [0.2, 0.25) is 0 Å². The summed E-state index contributed by atoms with van der Waals surface area (Å²) < 4.78 is 1.87. The van der Waals surface area contributed by atoms with E-state index in [1.54, 1.807) is 0 Å². The van der Waals surface area contributed by atoms with Crippen LogP contribution in [0.15, 0.2) is 12.4 Å². The van der Waals surface area contributed by atoms with E-state index in [0.29, 0.717) is 12.1 Å². The third-order valence-electron chi connectivity index (χ3n) is 3.97. The minimum absolute atomic E-state index is 0.590. The van der Waals surface area contributed by atoms with Crippen LogP contribution >= 0.6 is 0 Å². The average Bonchev–Trinajstić information content (AvgIpc) is 2.63. The second-order valence-corrected chi connectivity index (χ2v) is 5.86. The summed E-state index contributed by atoms with van der Waals surface area (Å²) in [6.07, 6.45) is 11.8. The van der Waals surface area contributed by atoms with E-state index < -0.39 is 0 Å². The summed E-state index contributed by atoms with van der Waals surface area (Å²) in [6.45, 7) is 4.54. The molecule has 1 aliphatic rings. The molecule has 2 rings (SSSR count). The summed E-state index contributed by atoms with van der Waals surface area (Å²) in [5.41, 5.74) is 1.31. The number of hydrogen-bond donors (Lipinski definition) is 2. The van der Waals surface area contributed by atoms with Crippen molar-refractivity contribution in [3.63, 3.8) is 0 Å². The van der Waals surface area contributed by atoms with Crippen molar-refractivity contribution < 1.29 is 0 Å². The van der Waals surface area contributed by atoms with Crippen molar-refractivity contribution in [2.24, 2.45) is 7.05 Å². The van der Waals surface area contributed by atoms with E-state index in [0.717, 1.165) is 13.0 Å². The molecule has 0 spiro atoms. The molecule has 0 saturated carbocycles. The zero-order chi connectivity index (χ0) is 13.5. The third kappa shape index (κ3) is 5.33. The maximum absolute atomic E-state index is 4.20. The Morgan fingerprint density at radius 1 is 1.47 bits per heavy atom. The van der Waals surface area contributed by atoms with Crippen molar-refractivity contribution in [1.82, 2.24) is 20.4 Å². The second kappa shape index (κ2) is 7.65. The predicted molar refractivity (Wildman–Crippen MR) is 79.3 cm³/mol. The molecule has 19 heavy (non-hydrogen) atoms. The maximum Gasteiger partial charge on any atom is 0.0522 e. The molecule has 2 N–H and O–H groups in total. The first-order valence-corrected chi connectivity index (χ1v) is 7.68. The monoisotopic (exact) mass is 264 g/mol. The highest BCUT2D eigenvalue weighted by molar-refractivity contribution is 5.03. The SMILES string of the molecule is CC(CC1CCCCCN1)NCCc1cnn(C)c1. The second-order valence-electron chi connectivity index (χ2n) is 5.86. The van der Waals surface area contributed by atoms with Gasteiger partial charge in [-0.05, 0) is 51.3 Å². The van der Waals surface area contributed by atoms with Gasteiger partial charge in [0.05, 0.1) is 6.20 Å². The lowest BCUT2D eigenvalue weighted by Gasteiger charge is -2.21. The van der Waals surface area contributed by atoms with E-state index in [-0.39, 0.29) is 0 Å². The Kier molecular flexibility index (Phi) is 5.86. The quantitative estimate of drug-likeness (QED) is 0.824. The van der Waals surface area contributed by atoms with Crippen molar-refractivity contribution in [2.45, 2.75) is 57.5 Å². The Labute approximate surface area is 117 Å². The first-order valence-electron chi connectivity index (χ1n) is 7.68. The van der Waals surface area contributed by atoms with Gasteiger partial charge >= 0.3 is 0 Å². The summed E-state index contributed by atoms with van der Waals surface area (Å²) in [5.74, 6) is 0. The van der Waals surface area contributed by atoms with Gasteiger partial charge in [-0.1, -0.05) is 12.8 Å². The minimum Gasteiger partial charge on any atom is -0.314 e. The van der Waals surface area contributed by atoms with Crippen LogP contribution in [0.2, 0.25) is 0 Å². The first kappa shape index (κ1) is 14.5. The van der Waals surface area contributed by atoms with Gasteiger partial charge in [0.1, 0.15) is 0 Å². The van der Waals surface area contributed by atoms with E-state index in [2.05, 4.69) is 28.9 Å². The van der Waals surface area contributed by atoms with Crippen molar-refractivity contribution in [1.29, 1.82) is 0 Å². The summed E-state index contributed by atoms with van der Waals surface area (Å²) in [6, 6.07) is 1.30. The molecule has 1 aromatic heterocycles. The number of nitrogens with one attached hydrogen (secondary N) is 2. The van der Waals surface area contributed by atoms with Gasteiger partial charge in [0.25, 0.3) is 0 Å². The Balaban J connectivity index is 1.62. The topological polar surface area (TPSA) is 41.9 Å². The Morgan fingerprint density at radius 3 is 3.16 bits per heavy atom. The molecule has 0 bridgehead atoms. The lowest BCUT2D eigenvalue weighted by molar-refractivity contribution is 0.405. The lowest BCUT2D eigenvalue weighted by Crippen LogP contribution is -2.37. The summed E-state index contributed by atoms with van der Waals surface area (Å²) >= 11 is 0. The molecule has 4 heteroatoms. The number of aromatic nitrogens is 2. The molecule has 2 heterocycles. The Hall–Kier alpha value is -0.870. The molecule has 0 radical (unpaired) electrons. The molecule has 1 aliphatic heterocycles. The molecule has 0 aliphatic carbocycles. The summed E-state index contributed by atoms with van der Waals surface area (Å²) in [4.78, 5) is 0. The lowest BCUT2D eigenvalue weighted by atomic mass is 10.0. The van der Waals surface area contributed by atoms with Crippen LogP contribution in [-0.4, -0.2) is 35.0 Å². The van der Waals surface area contributed by atoms with Gasteiger partial charge in [-0.2, -0.15) is 5.10 Å². The van der Waals surface area contributed by atoms with Crippen LogP contribution in [0.4, 0.5) is 0 Å². The molecule has 4 nitrogen and oxygen atoms in total. The van der Waals surface area contributed by atoms with Gasteiger partial charge in [0.15, 0.2) is 0 Å². The van der Waals surface area contributed by atoms with E-state index in [1.165, 1.54) is 44.2 Å². The minimum atomic E-state index is 0.590. The number of hydrogen-bond acceptors (Lipinski definition) is 3. The van der Waals surface area contributed by atoms with Crippen molar-refractivity contribution >= 4 is 0 Å². The normalized spacial score (nSPS) is 22.1. The molecule has 0 amide bonds. The largest absolute Gasteiger partial charge is 0.314 e. The highest BCUT2D eigenvalue weighted by Gasteiger charge is 2.14. The molecular weight excluding hydrogens is 236 g/mol. The van der Waals surface area contributed by atoms with Crippen LogP contribution < -0.4 is 10.6 Å². The predicted octanol–water partition coefficient (Wildman–Crippen LogP) is 1.86. The number of aryl methyl sites for hydroxylation is 1.